The van der Waals surface area contributed by atoms with Crippen LogP contribution in [0.2, 0.25) is 0 Å². The van der Waals surface area contributed by atoms with E-state index >= 15 is 0 Å². The van der Waals surface area contributed by atoms with Gasteiger partial charge in [-0.1, -0.05) is 12.1 Å². The van der Waals surface area contributed by atoms with Gasteiger partial charge in [0.05, 0.1) is 23.0 Å². The number of aliphatic imine (C=N–C) groups is 1. The standard InChI is InChI=1S/C17H16N4O/c1-16(2)12-22-15(21-16)17(11-18,13-7-3-5-9-19-13)14-8-4-6-10-20-14/h3-10H,12H2,1-2H3. The van der Waals surface area contributed by atoms with E-state index < -0.39 is 5.41 Å². The minimum Gasteiger partial charge on any atom is -0.477 e. The molecule has 0 spiro atoms. The van der Waals surface area contributed by atoms with Crippen molar-refractivity contribution in [2.24, 2.45) is 4.99 Å². The Morgan fingerprint density at radius 2 is 1.68 bits per heavy atom. The maximum atomic E-state index is 10.0. The molecule has 0 atom stereocenters. The van der Waals surface area contributed by atoms with E-state index in [1.54, 1.807) is 24.5 Å². The van der Waals surface area contributed by atoms with Gasteiger partial charge in [-0.3, -0.25) is 9.97 Å². The summed E-state index contributed by atoms with van der Waals surface area (Å²) in [4.78, 5) is 13.3. The molecule has 2 aromatic heterocycles. The fourth-order valence-corrected chi connectivity index (χ4v) is 2.46. The Kier molecular flexibility index (Phi) is 3.38. The van der Waals surface area contributed by atoms with Crippen LogP contribution < -0.4 is 0 Å². The fourth-order valence-electron chi connectivity index (χ4n) is 2.46. The van der Waals surface area contributed by atoms with Gasteiger partial charge in [-0.25, -0.2) is 4.99 Å². The van der Waals surface area contributed by atoms with Gasteiger partial charge in [-0.05, 0) is 38.1 Å². The number of nitriles is 1. The number of nitrogens with zero attached hydrogens (tertiary/aromatic N) is 4. The van der Waals surface area contributed by atoms with Crippen LogP contribution in [0.5, 0.6) is 0 Å². The summed E-state index contributed by atoms with van der Waals surface area (Å²) in [5, 5.41) is 10.0. The third-order valence-electron chi connectivity index (χ3n) is 3.55. The van der Waals surface area contributed by atoms with Gasteiger partial charge in [0.1, 0.15) is 6.61 Å². The Hall–Kier alpha value is -2.74. The molecular weight excluding hydrogens is 276 g/mol. The quantitative estimate of drug-likeness (QED) is 0.871. The largest absolute Gasteiger partial charge is 0.477 e. The third kappa shape index (κ3) is 2.23. The minimum atomic E-state index is -1.23. The maximum absolute atomic E-state index is 10.0. The SMILES string of the molecule is CC1(C)COC(C(C#N)(c2ccccn2)c2ccccn2)=N1. The van der Waals surface area contributed by atoms with Crippen LogP contribution in [0, 0.1) is 11.3 Å². The summed E-state index contributed by atoms with van der Waals surface area (Å²) in [6.45, 7) is 4.38. The minimum absolute atomic E-state index is 0.359. The molecule has 3 rings (SSSR count). The van der Waals surface area contributed by atoms with Crippen LogP contribution in [0.3, 0.4) is 0 Å². The van der Waals surface area contributed by atoms with E-state index in [0.29, 0.717) is 23.9 Å². The Labute approximate surface area is 129 Å². The van der Waals surface area contributed by atoms with Crippen LogP contribution in [0.4, 0.5) is 0 Å². The first kappa shape index (κ1) is 14.2. The molecule has 0 amide bonds. The monoisotopic (exact) mass is 292 g/mol. The van der Waals surface area contributed by atoms with Crippen molar-refractivity contribution < 1.29 is 4.74 Å². The van der Waals surface area contributed by atoms with Crippen LogP contribution in [0.1, 0.15) is 25.2 Å². The molecule has 1 aliphatic heterocycles. The van der Waals surface area contributed by atoms with Gasteiger partial charge in [0.2, 0.25) is 11.3 Å². The summed E-state index contributed by atoms with van der Waals surface area (Å²) in [6.07, 6.45) is 3.32. The number of pyridine rings is 2. The Balaban J connectivity index is 2.26. The normalized spacial score (nSPS) is 16.5. The molecule has 0 unspecified atom stereocenters. The number of aromatic nitrogens is 2. The zero-order valence-electron chi connectivity index (χ0n) is 12.5. The summed E-state index contributed by atoms with van der Waals surface area (Å²) in [5.74, 6) is 0.359. The predicted molar refractivity (Wildman–Crippen MR) is 82.3 cm³/mol. The lowest BCUT2D eigenvalue weighted by atomic mass is 9.81. The smallest absolute Gasteiger partial charge is 0.217 e. The molecule has 0 fully saturated rings. The Morgan fingerprint density at radius 3 is 2.05 bits per heavy atom. The topological polar surface area (TPSA) is 71.2 Å². The highest BCUT2D eigenvalue weighted by Crippen LogP contribution is 2.35. The second-order valence-electron chi connectivity index (χ2n) is 5.81. The zero-order chi connectivity index (χ0) is 15.6. The van der Waals surface area contributed by atoms with Crippen molar-refractivity contribution in [1.29, 1.82) is 5.26 Å². The summed E-state index contributed by atoms with van der Waals surface area (Å²) in [7, 11) is 0. The lowest BCUT2D eigenvalue weighted by Gasteiger charge is -2.24. The average Bonchev–Trinajstić information content (AvgIpc) is 2.91. The lowest BCUT2D eigenvalue weighted by molar-refractivity contribution is 0.268. The molecule has 0 radical (unpaired) electrons. The Morgan fingerprint density at radius 1 is 1.09 bits per heavy atom. The van der Waals surface area contributed by atoms with Crippen molar-refractivity contribution >= 4 is 5.90 Å². The van der Waals surface area contributed by atoms with Gasteiger partial charge in [0, 0.05) is 12.4 Å². The summed E-state index contributed by atoms with van der Waals surface area (Å²) >= 11 is 0. The summed E-state index contributed by atoms with van der Waals surface area (Å²) in [5.41, 5.74) is -0.461. The average molecular weight is 292 g/mol. The van der Waals surface area contributed by atoms with E-state index in [0.717, 1.165) is 0 Å². The molecule has 5 heteroatoms. The highest BCUT2D eigenvalue weighted by Gasteiger charge is 2.48. The number of rotatable bonds is 3. The van der Waals surface area contributed by atoms with Crippen molar-refractivity contribution in [2.45, 2.75) is 24.8 Å². The zero-order valence-corrected chi connectivity index (χ0v) is 12.5. The molecule has 5 nitrogen and oxygen atoms in total. The molecule has 0 saturated carbocycles. The van der Waals surface area contributed by atoms with Gasteiger partial charge in [0.15, 0.2) is 0 Å². The van der Waals surface area contributed by atoms with Crippen LogP contribution in [0.25, 0.3) is 0 Å². The molecule has 110 valence electrons. The van der Waals surface area contributed by atoms with Crippen molar-refractivity contribution in [3.63, 3.8) is 0 Å². The molecule has 0 aromatic carbocycles. The first-order chi connectivity index (χ1) is 10.6. The second-order valence-corrected chi connectivity index (χ2v) is 5.81. The van der Waals surface area contributed by atoms with Gasteiger partial charge in [-0.2, -0.15) is 5.26 Å². The highest BCUT2D eigenvalue weighted by atomic mass is 16.5. The summed E-state index contributed by atoms with van der Waals surface area (Å²) in [6, 6.07) is 13.3. The maximum Gasteiger partial charge on any atom is 0.217 e. The van der Waals surface area contributed by atoms with Crippen molar-refractivity contribution in [2.75, 3.05) is 6.61 Å². The van der Waals surface area contributed by atoms with Crippen LogP contribution in [0.15, 0.2) is 53.8 Å². The van der Waals surface area contributed by atoms with Gasteiger partial charge in [-0.15, -0.1) is 0 Å². The molecule has 0 aliphatic carbocycles. The van der Waals surface area contributed by atoms with Crippen molar-refractivity contribution in [3.05, 3.63) is 60.2 Å². The highest BCUT2D eigenvalue weighted by molar-refractivity contribution is 5.95. The van der Waals surface area contributed by atoms with Gasteiger partial charge < -0.3 is 4.74 Å². The molecular formula is C17H16N4O. The van der Waals surface area contributed by atoms with Gasteiger partial charge >= 0.3 is 0 Å². The predicted octanol–water partition coefficient (Wildman–Crippen LogP) is 2.49. The number of ether oxygens (including phenoxy) is 1. The summed E-state index contributed by atoms with van der Waals surface area (Å²) < 4.78 is 5.78. The van der Waals surface area contributed by atoms with E-state index in [1.807, 2.05) is 38.1 Å². The Bertz CT molecular complexity index is 693. The van der Waals surface area contributed by atoms with Crippen LogP contribution >= 0.6 is 0 Å². The molecule has 0 N–H and O–H groups in total. The molecule has 22 heavy (non-hydrogen) atoms. The van der Waals surface area contributed by atoms with Crippen molar-refractivity contribution in [1.82, 2.24) is 9.97 Å². The first-order valence-electron chi connectivity index (χ1n) is 7.06. The fraction of sp³-hybridized carbons (Fsp3) is 0.294. The van der Waals surface area contributed by atoms with E-state index in [1.165, 1.54) is 0 Å². The van der Waals surface area contributed by atoms with Crippen LogP contribution in [-0.4, -0.2) is 28.0 Å². The molecule has 1 aliphatic rings. The van der Waals surface area contributed by atoms with E-state index in [-0.39, 0.29) is 5.54 Å². The number of hydrogen-bond acceptors (Lipinski definition) is 5. The molecule has 0 saturated heterocycles. The molecule has 0 bridgehead atoms. The van der Waals surface area contributed by atoms with E-state index in [4.69, 9.17) is 4.74 Å². The van der Waals surface area contributed by atoms with Crippen molar-refractivity contribution in [3.8, 4) is 6.07 Å². The third-order valence-corrected chi connectivity index (χ3v) is 3.55. The van der Waals surface area contributed by atoms with E-state index in [9.17, 15) is 5.26 Å². The van der Waals surface area contributed by atoms with Crippen LogP contribution in [-0.2, 0) is 10.2 Å². The molecule has 3 heterocycles. The van der Waals surface area contributed by atoms with E-state index in [2.05, 4.69) is 21.0 Å². The molecule has 2 aromatic rings. The van der Waals surface area contributed by atoms with Gasteiger partial charge in [0.25, 0.3) is 0 Å². The lowest BCUT2D eigenvalue weighted by Crippen LogP contribution is -2.37. The second kappa shape index (κ2) is 5.23. The first-order valence-corrected chi connectivity index (χ1v) is 7.06. The number of hydrogen-bond donors (Lipinski definition) is 0.